The van der Waals surface area contributed by atoms with Crippen LogP contribution in [0.2, 0.25) is 0 Å². The van der Waals surface area contributed by atoms with E-state index in [-0.39, 0.29) is 24.4 Å². The minimum atomic E-state index is -1.30. The van der Waals surface area contributed by atoms with Crippen LogP contribution >= 0.6 is 0 Å². The van der Waals surface area contributed by atoms with Crippen LogP contribution in [0.15, 0.2) is 29.1 Å². The molecule has 2 unspecified atom stereocenters. The Morgan fingerprint density at radius 1 is 1.26 bits per heavy atom. The fourth-order valence-corrected chi connectivity index (χ4v) is 3.57. The van der Waals surface area contributed by atoms with Gasteiger partial charge < -0.3 is 41.8 Å². The predicted molar refractivity (Wildman–Crippen MR) is 125 cm³/mol. The van der Waals surface area contributed by atoms with Crippen molar-refractivity contribution < 1.29 is 24.6 Å². The molecule has 1 aliphatic rings. The first-order valence-electron chi connectivity index (χ1n) is 10.5. The van der Waals surface area contributed by atoms with Crippen molar-refractivity contribution in [1.82, 2.24) is 15.3 Å². The second-order valence-electron chi connectivity index (χ2n) is 8.29. The Balaban J connectivity index is 1.63. The molecule has 0 saturated carbocycles. The van der Waals surface area contributed by atoms with Crippen molar-refractivity contribution in [3.05, 3.63) is 40.2 Å². The van der Waals surface area contributed by atoms with E-state index in [1.54, 1.807) is 19.2 Å². The quantitative estimate of drug-likeness (QED) is 0.261. The number of benzene rings is 1. The summed E-state index contributed by atoms with van der Waals surface area (Å²) in [5.41, 5.74) is 6.01. The van der Waals surface area contributed by atoms with E-state index in [1.807, 2.05) is 11.8 Å². The van der Waals surface area contributed by atoms with E-state index in [9.17, 15) is 24.3 Å². The number of rotatable bonds is 9. The van der Waals surface area contributed by atoms with Crippen LogP contribution < -0.4 is 32.1 Å². The molecule has 1 aromatic heterocycles. The molecule has 0 spiro atoms. The summed E-state index contributed by atoms with van der Waals surface area (Å²) in [6.45, 7) is 2.93. The fraction of sp³-hybridized carbons (Fsp3) is 0.381. The van der Waals surface area contributed by atoms with Crippen molar-refractivity contribution >= 4 is 41.0 Å². The second-order valence-corrected chi connectivity index (χ2v) is 8.29. The summed E-state index contributed by atoms with van der Waals surface area (Å²) in [6.07, 6.45) is -0.591. The number of aromatic amines is 1. The third-order valence-corrected chi connectivity index (χ3v) is 5.78. The van der Waals surface area contributed by atoms with E-state index in [4.69, 9.17) is 10.8 Å². The van der Waals surface area contributed by atoms with Crippen LogP contribution in [0.25, 0.3) is 0 Å². The van der Waals surface area contributed by atoms with E-state index in [0.29, 0.717) is 30.3 Å². The number of H-pyrrole nitrogens is 1. The number of nitrogens with two attached hydrogens (primary N) is 1. The molecule has 1 aromatic carbocycles. The zero-order valence-electron chi connectivity index (χ0n) is 18.7. The topological polar surface area (TPSA) is 203 Å². The van der Waals surface area contributed by atoms with Gasteiger partial charge in [-0.2, -0.15) is 4.98 Å². The smallest absolute Gasteiger partial charge is 0.326 e. The Hall–Kier alpha value is -4.29. The number of nitrogen functional groups attached to an aromatic ring is 1. The predicted octanol–water partition coefficient (Wildman–Crippen LogP) is 0.132. The summed E-state index contributed by atoms with van der Waals surface area (Å²) in [5, 5.41) is 26.7. The average Bonchev–Trinajstić information content (AvgIpc) is 2.77. The van der Waals surface area contributed by atoms with Gasteiger partial charge in [0.1, 0.15) is 17.5 Å². The summed E-state index contributed by atoms with van der Waals surface area (Å²) in [5.74, 6) is -2.51. The molecule has 34 heavy (non-hydrogen) atoms. The van der Waals surface area contributed by atoms with Crippen molar-refractivity contribution in [1.29, 1.82) is 0 Å². The van der Waals surface area contributed by atoms with E-state index in [2.05, 4.69) is 25.9 Å². The maximum atomic E-state index is 12.4. The first kappa shape index (κ1) is 24.4. The number of carbonyl (C=O) groups is 3. The summed E-state index contributed by atoms with van der Waals surface area (Å²) in [4.78, 5) is 55.1. The zero-order chi connectivity index (χ0) is 25.0. The van der Waals surface area contributed by atoms with Gasteiger partial charge in [0.25, 0.3) is 11.5 Å². The molecular formula is C21H27N7O6. The summed E-state index contributed by atoms with van der Waals surface area (Å²) in [6, 6.07) is 5.11. The van der Waals surface area contributed by atoms with Crippen LogP contribution in [0.1, 0.15) is 30.1 Å². The third kappa shape index (κ3) is 5.36. The van der Waals surface area contributed by atoms with Gasteiger partial charge in [-0.3, -0.25) is 14.4 Å². The number of carboxylic acids is 2. The Bertz CT molecular complexity index is 1150. The maximum Gasteiger partial charge on any atom is 0.326 e. The molecule has 0 radical (unpaired) electrons. The molecular weight excluding hydrogens is 446 g/mol. The van der Waals surface area contributed by atoms with Gasteiger partial charge in [0, 0.05) is 37.8 Å². The lowest BCUT2D eigenvalue weighted by Gasteiger charge is -2.44. The second kappa shape index (κ2) is 9.68. The Labute approximate surface area is 194 Å². The first-order chi connectivity index (χ1) is 16.0. The number of nitrogens with one attached hydrogen (secondary N) is 4. The van der Waals surface area contributed by atoms with E-state index in [1.165, 1.54) is 12.1 Å². The molecule has 2 heterocycles. The van der Waals surface area contributed by atoms with Gasteiger partial charge in [-0.05, 0) is 37.6 Å². The minimum Gasteiger partial charge on any atom is -0.481 e. The molecule has 0 saturated heterocycles. The van der Waals surface area contributed by atoms with Gasteiger partial charge in [0.05, 0.1) is 5.54 Å². The molecule has 13 heteroatoms. The summed E-state index contributed by atoms with van der Waals surface area (Å²) < 4.78 is 0. The molecule has 13 nitrogen and oxygen atoms in total. The van der Waals surface area contributed by atoms with Gasteiger partial charge in [-0.25, -0.2) is 4.79 Å². The normalized spacial score (nSPS) is 17.8. The van der Waals surface area contributed by atoms with Crippen molar-refractivity contribution in [2.75, 3.05) is 41.4 Å². The van der Waals surface area contributed by atoms with Crippen molar-refractivity contribution in [3.8, 4) is 0 Å². The molecule has 1 aliphatic heterocycles. The first-order valence-corrected chi connectivity index (χ1v) is 10.5. The molecule has 0 bridgehead atoms. The van der Waals surface area contributed by atoms with Crippen molar-refractivity contribution in [2.24, 2.45) is 0 Å². The van der Waals surface area contributed by atoms with Crippen LogP contribution in [0.4, 0.5) is 23.1 Å². The molecule has 8 N–H and O–H groups in total. The highest BCUT2D eigenvalue weighted by Crippen LogP contribution is 2.31. The Morgan fingerprint density at radius 3 is 2.56 bits per heavy atom. The molecule has 2 atom stereocenters. The number of fused-ring (bicyclic) bond motifs is 1. The highest BCUT2D eigenvalue weighted by atomic mass is 16.4. The van der Waals surface area contributed by atoms with Crippen LogP contribution in [0.3, 0.4) is 0 Å². The van der Waals surface area contributed by atoms with Crippen molar-refractivity contribution in [2.45, 2.75) is 31.3 Å². The molecule has 2 aromatic rings. The number of anilines is 4. The SMILES string of the molecule is CN1c2c([nH]c(N)nc2=O)NCC1(C)CNc1ccc(C(=O)NC(CCC(=O)O)C(=O)O)cc1. The highest BCUT2D eigenvalue weighted by molar-refractivity contribution is 5.97. The van der Waals surface area contributed by atoms with Gasteiger partial charge in [0.2, 0.25) is 5.95 Å². The molecule has 1 amide bonds. The number of hydrogen-bond acceptors (Lipinski definition) is 9. The van der Waals surface area contributed by atoms with Gasteiger partial charge in [0.15, 0.2) is 0 Å². The van der Waals surface area contributed by atoms with E-state index < -0.39 is 35.0 Å². The number of amides is 1. The van der Waals surface area contributed by atoms with E-state index >= 15 is 0 Å². The summed E-state index contributed by atoms with van der Waals surface area (Å²) >= 11 is 0. The largest absolute Gasteiger partial charge is 0.481 e. The average molecular weight is 473 g/mol. The number of nitrogens with zero attached hydrogens (tertiary/aromatic N) is 2. The van der Waals surface area contributed by atoms with Gasteiger partial charge >= 0.3 is 11.9 Å². The van der Waals surface area contributed by atoms with Gasteiger partial charge in [-0.1, -0.05) is 0 Å². The van der Waals surface area contributed by atoms with Crippen LogP contribution in [0, 0.1) is 0 Å². The molecule has 0 aliphatic carbocycles. The lowest BCUT2D eigenvalue weighted by atomic mass is 9.97. The van der Waals surface area contributed by atoms with E-state index in [0.717, 1.165) is 0 Å². The highest BCUT2D eigenvalue weighted by Gasteiger charge is 2.36. The number of aromatic nitrogens is 2. The fourth-order valence-electron chi connectivity index (χ4n) is 3.57. The summed E-state index contributed by atoms with van der Waals surface area (Å²) in [7, 11) is 1.80. The Kier molecular flexibility index (Phi) is 6.94. The number of hydrogen-bond donors (Lipinski definition) is 7. The molecule has 0 fully saturated rings. The molecule has 182 valence electrons. The van der Waals surface area contributed by atoms with Crippen LogP contribution in [-0.4, -0.2) is 69.7 Å². The number of aliphatic carboxylic acids is 2. The van der Waals surface area contributed by atoms with Gasteiger partial charge in [-0.15, -0.1) is 0 Å². The monoisotopic (exact) mass is 473 g/mol. The number of carbonyl (C=O) groups excluding carboxylic acids is 1. The van der Waals surface area contributed by atoms with Crippen LogP contribution in [0.5, 0.6) is 0 Å². The van der Waals surface area contributed by atoms with Crippen LogP contribution in [-0.2, 0) is 9.59 Å². The Morgan fingerprint density at radius 2 is 1.94 bits per heavy atom. The minimum absolute atomic E-state index is 0.0343. The number of likely N-dealkylation sites (N-methyl/N-ethyl adjacent to an activating group) is 1. The standard InChI is InChI=1S/C21H27N7O6/c1-21(10-24-16-15(28(21)2)18(32)27-20(22)26-16)9-23-12-5-3-11(4-6-12)17(31)25-13(19(33)34)7-8-14(29)30/h3-6,13,23H,7-10H2,1-2H3,(H,25,31)(H,29,30)(H,33,34)(H4,22,24,26,27,32). The zero-order valence-corrected chi connectivity index (χ0v) is 18.7. The molecule has 3 rings (SSSR count). The number of carboxylic acid groups (broad SMARTS) is 2. The lowest BCUT2D eigenvalue weighted by molar-refractivity contribution is -0.140. The maximum absolute atomic E-state index is 12.4. The third-order valence-electron chi connectivity index (χ3n) is 5.78. The van der Waals surface area contributed by atoms with Crippen molar-refractivity contribution in [3.63, 3.8) is 0 Å². The lowest BCUT2D eigenvalue weighted by Crippen LogP contribution is -2.58.